The summed E-state index contributed by atoms with van der Waals surface area (Å²) in [6.07, 6.45) is 1.65. The molecular formula is C12H14N4O. The number of hydrogen-bond acceptors (Lipinski definition) is 3. The fourth-order valence-corrected chi connectivity index (χ4v) is 1.50. The predicted octanol–water partition coefficient (Wildman–Crippen LogP) is 0.932. The Hall–Kier alpha value is -2.30. The Bertz CT molecular complexity index is 519. The summed E-state index contributed by atoms with van der Waals surface area (Å²) in [6.45, 7) is 0.382. The highest BCUT2D eigenvalue weighted by Gasteiger charge is 2.07. The molecule has 0 spiro atoms. The third kappa shape index (κ3) is 2.44. The van der Waals surface area contributed by atoms with Crippen LogP contribution in [0, 0.1) is 0 Å². The van der Waals surface area contributed by atoms with E-state index in [0.717, 1.165) is 5.56 Å². The number of carbonyl (C=O) groups excluding carboxylic acids is 1. The van der Waals surface area contributed by atoms with Crippen LogP contribution < -0.4 is 11.1 Å². The lowest BCUT2D eigenvalue weighted by molar-refractivity contribution is 0.0951. The van der Waals surface area contributed by atoms with Crippen molar-refractivity contribution in [3.8, 4) is 0 Å². The number of nitrogens with two attached hydrogens (primary N) is 1. The van der Waals surface area contributed by atoms with Crippen molar-refractivity contribution in [2.24, 2.45) is 7.05 Å². The molecule has 0 atom stereocenters. The molecule has 0 radical (unpaired) electrons. The molecule has 88 valence electrons. The molecule has 0 saturated carbocycles. The normalized spacial score (nSPS) is 10.2. The Morgan fingerprint density at radius 2 is 2.12 bits per heavy atom. The lowest BCUT2D eigenvalue weighted by atomic mass is 10.2. The molecule has 17 heavy (non-hydrogen) atoms. The highest BCUT2D eigenvalue weighted by Crippen LogP contribution is 2.08. The largest absolute Gasteiger partial charge is 0.384 e. The van der Waals surface area contributed by atoms with Gasteiger partial charge in [0.2, 0.25) is 0 Å². The summed E-state index contributed by atoms with van der Waals surface area (Å²) >= 11 is 0. The summed E-state index contributed by atoms with van der Waals surface area (Å²) in [5.41, 5.74) is 7.23. The van der Waals surface area contributed by atoms with E-state index >= 15 is 0 Å². The Labute approximate surface area is 99.2 Å². The van der Waals surface area contributed by atoms with Crippen LogP contribution in [0.4, 0.5) is 5.82 Å². The van der Waals surface area contributed by atoms with Crippen LogP contribution >= 0.6 is 0 Å². The van der Waals surface area contributed by atoms with Crippen LogP contribution in [0.15, 0.2) is 36.5 Å². The molecule has 0 saturated heterocycles. The molecule has 0 fully saturated rings. The van der Waals surface area contributed by atoms with Gasteiger partial charge in [0.1, 0.15) is 5.82 Å². The highest BCUT2D eigenvalue weighted by atomic mass is 16.1. The van der Waals surface area contributed by atoms with E-state index in [1.165, 1.54) is 0 Å². The fraction of sp³-hybridized carbons (Fsp3) is 0.167. The number of carbonyl (C=O) groups is 1. The van der Waals surface area contributed by atoms with Gasteiger partial charge in [-0.3, -0.25) is 9.48 Å². The summed E-state index contributed by atoms with van der Waals surface area (Å²) < 4.78 is 1.57. The first-order valence-electron chi connectivity index (χ1n) is 5.28. The van der Waals surface area contributed by atoms with E-state index in [1.54, 1.807) is 30.1 Å². The minimum absolute atomic E-state index is 0.117. The lowest BCUT2D eigenvalue weighted by Gasteiger charge is -2.04. The first-order chi connectivity index (χ1) is 8.18. The van der Waals surface area contributed by atoms with Crippen molar-refractivity contribution in [2.75, 3.05) is 5.73 Å². The fourth-order valence-electron chi connectivity index (χ4n) is 1.50. The summed E-state index contributed by atoms with van der Waals surface area (Å²) in [6, 6.07) is 9.06. The van der Waals surface area contributed by atoms with Gasteiger partial charge in [0.25, 0.3) is 5.91 Å². The standard InChI is InChI=1S/C12H14N4O/c1-16-11(13)10(8-15-16)7-14-12(17)9-5-3-2-4-6-9/h2-6,8H,7,13H2,1H3,(H,14,17). The summed E-state index contributed by atoms with van der Waals surface area (Å²) in [5, 5.41) is 6.80. The maximum Gasteiger partial charge on any atom is 0.251 e. The summed E-state index contributed by atoms with van der Waals surface area (Å²) in [5.74, 6) is 0.451. The average Bonchev–Trinajstić information content (AvgIpc) is 2.68. The maximum absolute atomic E-state index is 11.8. The number of nitrogens with zero attached hydrogens (tertiary/aromatic N) is 2. The molecule has 1 amide bonds. The number of benzene rings is 1. The first kappa shape index (κ1) is 11.2. The third-order valence-electron chi connectivity index (χ3n) is 2.54. The van der Waals surface area contributed by atoms with Gasteiger partial charge in [-0.15, -0.1) is 0 Å². The van der Waals surface area contributed by atoms with Crippen LogP contribution in [0.5, 0.6) is 0 Å². The molecule has 5 nitrogen and oxygen atoms in total. The molecule has 0 aliphatic heterocycles. The molecule has 1 heterocycles. The molecule has 2 aromatic rings. The predicted molar refractivity (Wildman–Crippen MR) is 65.2 cm³/mol. The average molecular weight is 230 g/mol. The zero-order chi connectivity index (χ0) is 12.3. The van der Waals surface area contributed by atoms with Crippen LogP contribution in [-0.2, 0) is 13.6 Å². The van der Waals surface area contributed by atoms with Gasteiger partial charge in [-0.05, 0) is 12.1 Å². The zero-order valence-corrected chi connectivity index (χ0v) is 9.55. The van der Waals surface area contributed by atoms with Crippen LogP contribution in [0.25, 0.3) is 0 Å². The Morgan fingerprint density at radius 3 is 2.71 bits per heavy atom. The van der Waals surface area contributed by atoms with Gasteiger partial charge in [0.05, 0.1) is 6.20 Å². The molecular weight excluding hydrogens is 216 g/mol. The van der Waals surface area contributed by atoms with Crippen molar-refractivity contribution in [1.82, 2.24) is 15.1 Å². The number of rotatable bonds is 3. The molecule has 0 unspecified atom stereocenters. The molecule has 2 rings (SSSR count). The molecule has 1 aromatic carbocycles. The van der Waals surface area contributed by atoms with E-state index in [4.69, 9.17) is 5.73 Å². The number of anilines is 1. The Balaban J connectivity index is 2.00. The Morgan fingerprint density at radius 1 is 1.41 bits per heavy atom. The van der Waals surface area contributed by atoms with E-state index in [1.807, 2.05) is 18.2 Å². The van der Waals surface area contributed by atoms with Gasteiger partial charge >= 0.3 is 0 Å². The van der Waals surface area contributed by atoms with Crippen molar-refractivity contribution >= 4 is 11.7 Å². The summed E-state index contributed by atoms with van der Waals surface area (Å²) in [4.78, 5) is 11.8. The smallest absolute Gasteiger partial charge is 0.251 e. The van der Waals surface area contributed by atoms with Crippen molar-refractivity contribution in [3.05, 3.63) is 47.7 Å². The van der Waals surface area contributed by atoms with E-state index in [9.17, 15) is 4.79 Å². The van der Waals surface area contributed by atoms with E-state index in [0.29, 0.717) is 17.9 Å². The van der Waals surface area contributed by atoms with Gasteiger partial charge in [-0.2, -0.15) is 5.10 Å². The zero-order valence-electron chi connectivity index (χ0n) is 9.55. The SMILES string of the molecule is Cn1ncc(CNC(=O)c2ccccc2)c1N. The topological polar surface area (TPSA) is 72.9 Å². The number of hydrogen-bond donors (Lipinski definition) is 2. The second-order valence-corrected chi connectivity index (χ2v) is 3.73. The van der Waals surface area contributed by atoms with Gasteiger partial charge in [0.15, 0.2) is 0 Å². The second kappa shape index (κ2) is 4.69. The Kier molecular flexibility index (Phi) is 3.09. The molecule has 1 aromatic heterocycles. The lowest BCUT2D eigenvalue weighted by Crippen LogP contribution is -2.23. The maximum atomic E-state index is 11.8. The third-order valence-corrected chi connectivity index (χ3v) is 2.54. The van der Waals surface area contributed by atoms with Crippen LogP contribution in [0.2, 0.25) is 0 Å². The highest BCUT2D eigenvalue weighted by molar-refractivity contribution is 5.94. The molecule has 3 N–H and O–H groups in total. The minimum atomic E-state index is -0.117. The van der Waals surface area contributed by atoms with Crippen molar-refractivity contribution in [1.29, 1.82) is 0 Å². The van der Waals surface area contributed by atoms with Crippen LogP contribution in [-0.4, -0.2) is 15.7 Å². The molecule has 0 aliphatic rings. The van der Waals surface area contributed by atoms with Gasteiger partial charge in [-0.1, -0.05) is 18.2 Å². The van der Waals surface area contributed by atoms with Crippen LogP contribution in [0.1, 0.15) is 15.9 Å². The van der Waals surface area contributed by atoms with Crippen molar-refractivity contribution < 1.29 is 4.79 Å². The molecule has 0 aliphatic carbocycles. The number of nitrogen functional groups attached to an aromatic ring is 1. The molecule has 5 heteroatoms. The minimum Gasteiger partial charge on any atom is -0.384 e. The van der Waals surface area contributed by atoms with Gasteiger partial charge in [0, 0.05) is 24.7 Å². The van der Waals surface area contributed by atoms with Crippen molar-refractivity contribution in [2.45, 2.75) is 6.54 Å². The van der Waals surface area contributed by atoms with E-state index in [2.05, 4.69) is 10.4 Å². The van der Waals surface area contributed by atoms with E-state index in [-0.39, 0.29) is 5.91 Å². The summed E-state index contributed by atoms with van der Waals surface area (Å²) in [7, 11) is 1.76. The number of amides is 1. The monoisotopic (exact) mass is 230 g/mol. The first-order valence-corrected chi connectivity index (χ1v) is 5.28. The van der Waals surface area contributed by atoms with E-state index < -0.39 is 0 Å². The molecule has 0 bridgehead atoms. The van der Waals surface area contributed by atoms with Crippen LogP contribution in [0.3, 0.4) is 0 Å². The number of aromatic nitrogens is 2. The van der Waals surface area contributed by atoms with Gasteiger partial charge in [-0.25, -0.2) is 0 Å². The second-order valence-electron chi connectivity index (χ2n) is 3.73. The quantitative estimate of drug-likeness (QED) is 0.824. The number of aryl methyl sites for hydroxylation is 1. The van der Waals surface area contributed by atoms with Gasteiger partial charge < -0.3 is 11.1 Å². The van der Waals surface area contributed by atoms with Crippen molar-refractivity contribution in [3.63, 3.8) is 0 Å². The number of nitrogens with one attached hydrogen (secondary N) is 1.